The maximum Gasteiger partial charge on any atom is 0.231 e. The zero-order valence-corrected chi connectivity index (χ0v) is 15.9. The Morgan fingerprint density at radius 2 is 1.85 bits per heavy atom. The monoisotopic (exact) mass is 370 g/mol. The second-order valence-electron chi connectivity index (χ2n) is 7.33. The van der Waals surface area contributed by atoms with Crippen molar-refractivity contribution in [1.82, 2.24) is 5.32 Å². The normalized spacial score (nSPS) is 19.3. The van der Waals surface area contributed by atoms with Crippen LogP contribution in [0, 0.1) is 6.92 Å². The molecule has 2 aromatic carbocycles. The van der Waals surface area contributed by atoms with E-state index in [-0.39, 0.29) is 18.4 Å². The highest BCUT2D eigenvalue weighted by Gasteiger charge is 2.34. The first-order valence-electron chi connectivity index (χ1n) is 8.66. The lowest BCUT2D eigenvalue weighted by atomic mass is 9.89. The molecule has 6 heteroatoms. The Labute approximate surface area is 158 Å². The Hall–Kier alpha value is -2.47. The van der Waals surface area contributed by atoms with Crippen LogP contribution < -0.4 is 24.8 Å². The first-order valence-corrected chi connectivity index (χ1v) is 9.07. The third-order valence-electron chi connectivity index (χ3n) is 4.56. The summed E-state index contributed by atoms with van der Waals surface area (Å²) < 4.78 is 16.9. The summed E-state index contributed by atoms with van der Waals surface area (Å²) in [5.41, 5.74) is 2.95. The summed E-state index contributed by atoms with van der Waals surface area (Å²) in [6, 6.07) is 12.0. The van der Waals surface area contributed by atoms with Crippen molar-refractivity contribution < 1.29 is 14.2 Å². The molecule has 0 amide bonds. The minimum Gasteiger partial charge on any atom is -0.487 e. The topological polar surface area (TPSA) is 51.8 Å². The van der Waals surface area contributed by atoms with E-state index >= 15 is 0 Å². The molecule has 1 unspecified atom stereocenters. The molecule has 0 aromatic heterocycles. The van der Waals surface area contributed by atoms with Gasteiger partial charge in [-0.1, -0.05) is 17.7 Å². The summed E-state index contributed by atoms with van der Waals surface area (Å²) in [5.74, 6) is 2.39. The van der Waals surface area contributed by atoms with Gasteiger partial charge < -0.3 is 24.8 Å². The van der Waals surface area contributed by atoms with Gasteiger partial charge in [0.25, 0.3) is 0 Å². The molecule has 5 nitrogen and oxygen atoms in total. The Morgan fingerprint density at radius 1 is 1.08 bits per heavy atom. The van der Waals surface area contributed by atoms with Gasteiger partial charge in [0.15, 0.2) is 16.6 Å². The molecule has 2 aliphatic heterocycles. The van der Waals surface area contributed by atoms with Gasteiger partial charge in [0.1, 0.15) is 11.4 Å². The van der Waals surface area contributed by atoms with Gasteiger partial charge in [0, 0.05) is 23.7 Å². The first-order chi connectivity index (χ1) is 12.4. The second-order valence-corrected chi connectivity index (χ2v) is 7.73. The van der Waals surface area contributed by atoms with Crippen molar-refractivity contribution in [2.45, 2.75) is 38.8 Å². The zero-order chi connectivity index (χ0) is 18.3. The molecular weight excluding hydrogens is 348 g/mol. The van der Waals surface area contributed by atoms with E-state index in [1.54, 1.807) is 0 Å². The second kappa shape index (κ2) is 6.36. The predicted molar refractivity (Wildman–Crippen MR) is 105 cm³/mol. The van der Waals surface area contributed by atoms with E-state index in [0.29, 0.717) is 5.11 Å². The van der Waals surface area contributed by atoms with Crippen molar-refractivity contribution in [2.24, 2.45) is 0 Å². The van der Waals surface area contributed by atoms with E-state index in [0.717, 1.165) is 34.9 Å². The lowest BCUT2D eigenvalue weighted by Gasteiger charge is -2.38. The van der Waals surface area contributed by atoms with Crippen molar-refractivity contribution in [2.75, 3.05) is 12.1 Å². The van der Waals surface area contributed by atoms with Crippen LogP contribution in [0.1, 0.15) is 37.4 Å². The lowest BCUT2D eigenvalue weighted by Crippen LogP contribution is -2.42. The highest BCUT2D eigenvalue weighted by Crippen LogP contribution is 2.40. The number of rotatable bonds is 2. The molecule has 2 aromatic rings. The van der Waals surface area contributed by atoms with E-state index in [1.807, 2.05) is 24.3 Å². The summed E-state index contributed by atoms with van der Waals surface area (Å²) in [6.07, 6.45) is 0.826. The number of hydrogen-bond acceptors (Lipinski definition) is 4. The Bertz CT molecular complexity index is 866. The van der Waals surface area contributed by atoms with Gasteiger partial charge in [0.05, 0.1) is 6.04 Å². The molecule has 1 atom stereocenters. The molecule has 0 aliphatic carbocycles. The van der Waals surface area contributed by atoms with Gasteiger partial charge in [-0.25, -0.2) is 0 Å². The number of thiocarbonyl (C=S) groups is 1. The van der Waals surface area contributed by atoms with Crippen molar-refractivity contribution in [3.8, 4) is 17.2 Å². The SMILES string of the molecule is Cc1ccc2c(c1)C(NC(=S)Nc1ccc3c(c1)OCO3)CC(C)(C)O2. The minimum atomic E-state index is -0.256. The third kappa shape index (κ3) is 3.42. The Kier molecular flexibility index (Phi) is 4.15. The Balaban J connectivity index is 1.51. The maximum atomic E-state index is 6.12. The zero-order valence-electron chi connectivity index (χ0n) is 15.1. The van der Waals surface area contributed by atoms with Gasteiger partial charge >= 0.3 is 0 Å². The maximum absolute atomic E-state index is 6.12. The quantitative estimate of drug-likeness (QED) is 0.768. The molecule has 136 valence electrons. The third-order valence-corrected chi connectivity index (χ3v) is 4.78. The number of hydrogen-bond donors (Lipinski definition) is 2. The number of fused-ring (bicyclic) bond motifs is 2. The van der Waals surface area contributed by atoms with Gasteiger partial charge in [0.2, 0.25) is 6.79 Å². The van der Waals surface area contributed by atoms with E-state index in [4.69, 9.17) is 26.4 Å². The molecule has 0 bridgehead atoms. The van der Waals surface area contributed by atoms with Crippen LogP contribution in [0.5, 0.6) is 17.2 Å². The van der Waals surface area contributed by atoms with Crippen LogP contribution in [-0.4, -0.2) is 17.5 Å². The van der Waals surface area contributed by atoms with E-state index in [2.05, 4.69) is 43.5 Å². The van der Waals surface area contributed by atoms with Crippen LogP contribution in [-0.2, 0) is 0 Å². The van der Waals surface area contributed by atoms with Crippen LogP contribution in [0.2, 0.25) is 0 Å². The average molecular weight is 370 g/mol. The summed E-state index contributed by atoms with van der Waals surface area (Å²) >= 11 is 5.55. The van der Waals surface area contributed by atoms with Crippen molar-refractivity contribution >= 4 is 23.0 Å². The van der Waals surface area contributed by atoms with Crippen LogP contribution in [0.25, 0.3) is 0 Å². The van der Waals surface area contributed by atoms with Crippen LogP contribution in [0.15, 0.2) is 36.4 Å². The van der Waals surface area contributed by atoms with Crippen LogP contribution in [0.3, 0.4) is 0 Å². The standard InChI is InChI=1S/C20H22N2O3S/c1-12-4-6-16-14(8-12)15(10-20(2,3)25-16)22-19(26)21-13-5-7-17-18(9-13)24-11-23-17/h4-9,15H,10-11H2,1-3H3,(H2,21,22,26). The van der Waals surface area contributed by atoms with Gasteiger partial charge in [-0.15, -0.1) is 0 Å². The minimum absolute atomic E-state index is 0.0858. The fourth-order valence-corrected chi connectivity index (χ4v) is 3.66. The molecular formula is C20H22N2O3S. The smallest absolute Gasteiger partial charge is 0.231 e. The Morgan fingerprint density at radius 3 is 2.69 bits per heavy atom. The fourth-order valence-electron chi connectivity index (χ4n) is 3.40. The molecule has 2 aliphatic rings. The first kappa shape index (κ1) is 17.0. The molecule has 0 radical (unpaired) electrons. The summed E-state index contributed by atoms with van der Waals surface area (Å²) in [6.45, 7) is 6.53. The number of nitrogens with one attached hydrogen (secondary N) is 2. The molecule has 0 fully saturated rings. The van der Waals surface area contributed by atoms with Crippen LogP contribution in [0.4, 0.5) is 5.69 Å². The highest BCUT2D eigenvalue weighted by atomic mass is 32.1. The van der Waals surface area contributed by atoms with Gasteiger partial charge in [-0.2, -0.15) is 0 Å². The molecule has 2 heterocycles. The number of anilines is 1. The average Bonchev–Trinajstić information content (AvgIpc) is 3.02. The van der Waals surface area contributed by atoms with Gasteiger partial charge in [-0.3, -0.25) is 0 Å². The lowest BCUT2D eigenvalue weighted by molar-refractivity contribution is 0.0696. The summed E-state index contributed by atoms with van der Waals surface area (Å²) in [4.78, 5) is 0. The molecule has 0 saturated heterocycles. The number of benzene rings is 2. The van der Waals surface area contributed by atoms with Crippen molar-refractivity contribution in [3.05, 3.63) is 47.5 Å². The highest BCUT2D eigenvalue weighted by molar-refractivity contribution is 7.80. The van der Waals surface area contributed by atoms with Crippen molar-refractivity contribution in [1.29, 1.82) is 0 Å². The molecule has 26 heavy (non-hydrogen) atoms. The van der Waals surface area contributed by atoms with E-state index in [1.165, 1.54) is 5.56 Å². The predicted octanol–water partition coefficient (Wildman–Crippen LogP) is 4.31. The molecule has 0 saturated carbocycles. The van der Waals surface area contributed by atoms with Crippen molar-refractivity contribution in [3.63, 3.8) is 0 Å². The number of ether oxygens (including phenoxy) is 3. The molecule has 2 N–H and O–H groups in total. The molecule has 4 rings (SSSR count). The largest absolute Gasteiger partial charge is 0.487 e. The van der Waals surface area contributed by atoms with E-state index in [9.17, 15) is 0 Å². The van der Waals surface area contributed by atoms with Crippen LogP contribution >= 0.6 is 12.2 Å². The molecule has 0 spiro atoms. The summed E-state index contributed by atoms with van der Waals surface area (Å²) in [7, 11) is 0. The number of aryl methyl sites for hydroxylation is 1. The van der Waals surface area contributed by atoms with Gasteiger partial charge in [-0.05, 0) is 51.2 Å². The summed E-state index contributed by atoms with van der Waals surface area (Å²) in [5, 5.41) is 7.25. The van der Waals surface area contributed by atoms with E-state index < -0.39 is 0 Å². The fraction of sp³-hybridized carbons (Fsp3) is 0.350.